The van der Waals surface area contributed by atoms with Crippen LogP contribution in [-0.2, 0) is 0 Å². The Hall–Kier alpha value is -1.61. The predicted molar refractivity (Wildman–Crippen MR) is 107 cm³/mol. The highest BCUT2D eigenvalue weighted by Crippen LogP contribution is 2.47. The summed E-state index contributed by atoms with van der Waals surface area (Å²) in [7, 11) is 0. The maximum Gasteiger partial charge on any atom is 0.133 e. The average Bonchev–Trinajstić information content (AvgIpc) is 2.59. The molecular formula is C22H30O2S. The molecule has 2 atom stereocenters. The lowest BCUT2D eigenvalue weighted by atomic mass is 9.96. The van der Waals surface area contributed by atoms with E-state index in [9.17, 15) is 10.2 Å². The Bertz CT molecular complexity index is 689. The summed E-state index contributed by atoms with van der Waals surface area (Å²) in [5.74, 6) is 1.32. The lowest BCUT2D eigenvalue weighted by Gasteiger charge is -2.19. The summed E-state index contributed by atoms with van der Waals surface area (Å²) >= 11 is 1.48. The van der Waals surface area contributed by atoms with Gasteiger partial charge in [0.1, 0.15) is 11.5 Å². The number of aromatic hydroxyl groups is 2. The molecule has 25 heavy (non-hydrogen) atoms. The lowest BCUT2D eigenvalue weighted by molar-refractivity contribution is 0.445. The zero-order valence-corrected chi connectivity index (χ0v) is 17.0. The van der Waals surface area contributed by atoms with Crippen molar-refractivity contribution in [2.24, 2.45) is 0 Å². The van der Waals surface area contributed by atoms with Crippen LogP contribution < -0.4 is 0 Å². The van der Waals surface area contributed by atoms with Gasteiger partial charge in [-0.1, -0.05) is 63.7 Å². The third-order valence-corrected chi connectivity index (χ3v) is 6.65. The smallest absolute Gasteiger partial charge is 0.133 e. The number of phenols is 2. The fourth-order valence-corrected chi connectivity index (χ4v) is 4.06. The van der Waals surface area contributed by atoms with E-state index in [2.05, 4.69) is 39.8 Å². The highest BCUT2D eigenvalue weighted by molar-refractivity contribution is 7.99. The van der Waals surface area contributed by atoms with Crippen molar-refractivity contribution in [1.82, 2.24) is 0 Å². The van der Waals surface area contributed by atoms with Crippen molar-refractivity contribution in [2.45, 2.75) is 76.0 Å². The third-order valence-electron chi connectivity index (χ3n) is 5.21. The van der Waals surface area contributed by atoms with E-state index < -0.39 is 0 Å². The molecule has 0 aliphatic heterocycles. The van der Waals surface area contributed by atoms with Crippen molar-refractivity contribution in [3.63, 3.8) is 0 Å². The third kappa shape index (κ3) is 3.98. The van der Waals surface area contributed by atoms with Gasteiger partial charge in [0.2, 0.25) is 0 Å². The molecule has 2 rings (SSSR count). The van der Waals surface area contributed by atoms with Gasteiger partial charge in [-0.25, -0.2) is 0 Å². The topological polar surface area (TPSA) is 40.5 Å². The molecule has 2 aromatic rings. The number of hydrogen-bond donors (Lipinski definition) is 2. The molecule has 0 saturated heterocycles. The van der Waals surface area contributed by atoms with Gasteiger partial charge in [0.15, 0.2) is 0 Å². The van der Waals surface area contributed by atoms with Gasteiger partial charge in [0, 0.05) is 0 Å². The van der Waals surface area contributed by atoms with E-state index in [1.807, 2.05) is 26.0 Å². The quantitative estimate of drug-likeness (QED) is 0.590. The maximum absolute atomic E-state index is 10.8. The number of aryl methyl sites for hydroxylation is 2. The van der Waals surface area contributed by atoms with Gasteiger partial charge < -0.3 is 10.2 Å². The first-order valence-corrected chi connectivity index (χ1v) is 9.96. The molecule has 2 unspecified atom stereocenters. The van der Waals surface area contributed by atoms with Gasteiger partial charge in [-0.3, -0.25) is 0 Å². The van der Waals surface area contributed by atoms with Crippen LogP contribution in [0.2, 0.25) is 0 Å². The first-order valence-electron chi connectivity index (χ1n) is 9.14. The van der Waals surface area contributed by atoms with Gasteiger partial charge in [0.05, 0.1) is 9.79 Å². The maximum atomic E-state index is 10.8. The summed E-state index contributed by atoms with van der Waals surface area (Å²) in [5, 5.41) is 21.7. The second-order valence-electron chi connectivity index (χ2n) is 7.02. The Kier molecular flexibility index (Phi) is 6.45. The molecule has 0 bridgehead atoms. The normalized spacial score (nSPS) is 13.7. The van der Waals surface area contributed by atoms with Crippen LogP contribution in [0.25, 0.3) is 0 Å². The SMILES string of the molecule is CCC(C)c1ccc(C)c(Sc2c(C)ccc(C(C)CC)c2O)c1O. The fraction of sp³-hybridized carbons (Fsp3) is 0.455. The molecular weight excluding hydrogens is 328 g/mol. The van der Waals surface area contributed by atoms with Crippen molar-refractivity contribution >= 4 is 11.8 Å². The molecule has 2 N–H and O–H groups in total. The molecule has 0 fully saturated rings. The second kappa shape index (κ2) is 8.18. The lowest BCUT2D eigenvalue weighted by Crippen LogP contribution is -1.97. The van der Waals surface area contributed by atoms with E-state index in [1.54, 1.807) is 0 Å². The van der Waals surface area contributed by atoms with Crippen molar-refractivity contribution < 1.29 is 10.2 Å². The van der Waals surface area contributed by atoms with Crippen LogP contribution in [0.1, 0.15) is 74.6 Å². The van der Waals surface area contributed by atoms with Crippen LogP contribution in [0.4, 0.5) is 0 Å². The molecule has 0 aliphatic carbocycles. The average molecular weight is 359 g/mol. The zero-order valence-electron chi connectivity index (χ0n) is 16.2. The molecule has 136 valence electrons. The van der Waals surface area contributed by atoms with Crippen LogP contribution in [0.15, 0.2) is 34.1 Å². The van der Waals surface area contributed by atoms with Gasteiger partial charge in [-0.2, -0.15) is 0 Å². The Balaban J connectivity index is 2.53. The summed E-state index contributed by atoms with van der Waals surface area (Å²) in [4.78, 5) is 1.69. The van der Waals surface area contributed by atoms with Crippen LogP contribution in [0.5, 0.6) is 11.5 Å². The van der Waals surface area contributed by atoms with Crippen LogP contribution in [0.3, 0.4) is 0 Å². The molecule has 2 aromatic carbocycles. The Labute approximate surface area is 156 Å². The molecule has 0 spiro atoms. The highest BCUT2D eigenvalue weighted by Gasteiger charge is 2.20. The number of phenolic OH excluding ortho intramolecular Hbond substituents is 2. The molecule has 0 saturated carbocycles. The standard InChI is InChI=1S/C22H30O2S/c1-7-13(3)17-11-9-15(5)21(19(17)23)25-22-16(6)10-12-18(20(22)24)14(4)8-2/h9-14,23-24H,7-8H2,1-6H3. The van der Waals surface area contributed by atoms with Crippen molar-refractivity contribution in [3.05, 3.63) is 46.5 Å². The van der Waals surface area contributed by atoms with E-state index in [0.717, 1.165) is 44.9 Å². The van der Waals surface area contributed by atoms with Gasteiger partial charge in [-0.05, 0) is 60.8 Å². The van der Waals surface area contributed by atoms with E-state index in [-0.39, 0.29) is 0 Å². The zero-order chi connectivity index (χ0) is 18.7. The minimum absolute atomic E-state index is 0.307. The number of rotatable bonds is 6. The summed E-state index contributed by atoms with van der Waals surface area (Å²) < 4.78 is 0. The van der Waals surface area contributed by atoms with Gasteiger partial charge in [0.25, 0.3) is 0 Å². The van der Waals surface area contributed by atoms with Crippen molar-refractivity contribution in [2.75, 3.05) is 0 Å². The Morgan fingerprint density at radius 1 is 0.760 bits per heavy atom. The molecule has 0 heterocycles. The molecule has 0 radical (unpaired) electrons. The number of benzene rings is 2. The Morgan fingerprint density at radius 2 is 1.12 bits per heavy atom. The largest absolute Gasteiger partial charge is 0.506 e. The van der Waals surface area contributed by atoms with Gasteiger partial charge in [-0.15, -0.1) is 0 Å². The fourth-order valence-electron chi connectivity index (χ4n) is 2.97. The predicted octanol–water partition coefficient (Wildman–Crippen LogP) is 6.89. The van der Waals surface area contributed by atoms with E-state index in [1.165, 1.54) is 11.8 Å². The van der Waals surface area contributed by atoms with E-state index in [4.69, 9.17) is 0 Å². The molecule has 2 nitrogen and oxygen atoms in total. The van der Waals surface area contributed by atoms with Crippen LogP contribution in [-0.4, -0.2) is 10.2 Å². The first kappa shape index (κ1) is 19.7. The van der Waals surface area contributed by atoms with E-state index >= 15 is 0 Å². The van der Waals surface area contributed by atoms with Crippen LogP contribution in [0, 0.1) is 13.8 Å². The van der Waals surface area contributed by atoms with Crippen molar-refractivity contribution in [3.8, 4) is 11.5 Å². The van der Waals surface area contributed by atoms with Crippen LogP contribution >= 0.6 is 11.8 Å². The molecule has 0 aliphatic rings. The molecule has 3 heteroatoms. The summed E-state index contributed by atoms with van der Waals surface area (Å²) in [5.41, 5.74) is 4.02. The van der Waals surface area contributed by atoms with Crippen molar-refractivity contribution in [1.29, 1.82) is 0 Å². The summed E-state index contributed by atoms with van der Waals surface area (Å²) in [6.45, 7) is 12.5. The monoisotopic (exact) mass is 358 g/mol. The Morgan fingerprint density at radius 3 is 1.44 bits per heavy atom. The molecule has 0 aromatic heterocycles. The van der Waals surface area contributed by atoms with Gasteiger partial charge >= 0.3 is 0 Å². The summed E-state index contributed by atoms with van der Waals surface area (Å²) in [6, 6.07) is 8.17. The van der Waals surface area contributed by atoms with E-state index in [0.29, 0.717) is 23.3 Å². The number of hydrogen-bond acceptors (Lipinski definition) is 3. The molecule has 0 amide bonds. The first-order chi connectivity index (χ1) is 11.8. The highest BCUT2D eigenvalue weighted by atomic mass is 32.2. The second-order valence-corrected chi connectivity index (χ2v) is 8.04. The minimum Gasteiger partial charge on any atom is -0.506 e. The summed E-state index contributed by atoms with van der Waals surface area (Å²) in [6.07, 6.45) is 1.96. The minimum atomic E-state index is 0.307.